The molecule has 1 atom stereocenters. The highest BCUT2D eigenvalue weighted by Gasteiger charge is 2.21. The van der Waals surface area contributed by atoms with Crippen molar-refractivity contribution in [3.63, 3.8) is 0 Å². The second kappa shape index (κ2) is 13.2. The lowest BCUT2D eigenvalue weighted by Crippen LogP contribution is -2.44. The summed E-state index contributed by atoms with van der Waals surface area (Å²) >= 11 is 1.42. The van der Waals surface area contributed by atoms with E-state index in [-0.39, 0.29) is 17.9 Å². The van der Waals surface area contributed by atoms with E-state index in [1.54, 1.807) is 6.20 Å². The van der Waals surface area contributed by atoms with Crippen molar-refractivity contribution in [2.75, 3.05) is 18.4 Å². The lowest BCUT2D eigenvalue weighted by molar-refractivity contribution is -0.126. The Hall–Kier alpha value is -2.39. The first-order valence-electron chi connectivity index (χ1n) is 11.1. The molecule has 32 heavy (non-hydrogen) atoms. The van der Waals surface area contributed by atoms with Crippen molar-refractivity contribution in [1.82, 2.24) is 15.2 Å². The number of aromatic nitrogens is 1. The van der Waals surface area contributed by atoms with E-state index in [1.807, 2.05) is 6.92 Å². The van der Waals surface area contributed by atoms with Gasteiger partial charge in [0.25, 0.3) is 0 Å². The zero-order valence-corrected chi connectivity index (χ0v) is 19.7. The van der Waals surface area contributed by atoms with E-state index >= 15 is 0 Å². The van der Waals surface area contributed by atoms with Crippen LogP contribution in [0, 0.1) is 11.6 Å². The largest absolute Gasteiger partial charge is 0.344 e. The quantitative estimate of drug-likeness (QED) is 0.456. The fourth-order valence-corrected chi connectivity index (χ4v) is 4.14. The van der Waals surface area contributed by atoms with E-state index in [0.29, 0.717) is 18.0 Å². The maximum atomic E-state index is 13.4. The molecule has 1 aromatic carbocycles. The van der Waals surface area contributed by atoms with Gasteiger partial charge in [-0.25, -0.2) is 13.8 Å². The molecular formula is C23H32F2N4O2S. The van der Waals surface area contributed by atoms with Gasteiger partial charge >= 0.3 is 0 Å². The zero-order chi connectivity index (χ0) is 23.5. The number of nitrogens with one attached hydrogen (secondary N) is 2. The lowest BCUT2D eigenvalue weighted by atomic mass is 10.1. The van der Waals surface area contributed by atoms with Crippen molar-refractivity contribution in [3.05, 3.63) is 46.5 Å². The molecule has 1 heterocycles. The molecule has 0 aliphatic rings. The van der Waals surface area contributed by atoms with E-state index in [1.165, 1.54) is 11.3 Å². The van der Waals surface area contributed by atoms with E-state index in [4.69, 9.17) is 0 Å². The van der Waals surface area contributed by atoms with Crippen molar-refractivity contribution in [1.29, 1.82) is 0 Å². The minimum atomic E-state index is -0.755. The Labute approximate surface area is 192 Å². The summed E-state index contributed by atoms with van der Waals surface area (Å²) in [5, 5.41) is 5.94. The standard InChI is InChI=1S/C23H32F2N4O2S/c1-4-7-9-29(6-3)15-19-14-26-23(32-19)28-22(31)20(8-5-2)27-21(30)12-16-10-17(24)13-18(25)11-16/h10-11,13-14,20H,4-9,12,15H2,1-3H3,(H,27,30)(H,26,28,31)/t20-/m0/s1. The monoisotopic (exact) mass is 466 g/mol. The van der Waals surface area contributed by atoms with Crippen LogP contribution < -0.4 is 10.6 Å². The third-order valence-corrected chi connectivity index (χ3v) is 5.85. The highest BCUT2D eigenvalue weighted by molar-refractivity contribution is 7.15. The minimum Gasteiger partial charge on any atom is -0.344 e. The number of carbonyl (C=O) groups is 2. The van der Waals surface area contributed by atoms with Crippen molar-refractivity contribution < 1.29 is 18.4 Å². The van der Waals surface area contributed by atoms with Crippen LogP contribution in [0.15, 0.2) is 24.4 Å². The number of carbonyl (C=O) groups excluding carboxylic acids is 2. The Morgan fingerprint density at radius 2 is 1.84 bits per heavy atom. The molecule has 2 N–H and O–H groups in total. The third kappa shape index (κ3) is 8.63. The molecule has 176 valence electrons. The number of amides is 2. The van der Waals surface area contributed by atoms with Gasteiger partial charge in [0.1, 0.15) is 17.7 Å². The molecule has 9 heteroatoms. The number of hydrogen-bond acceptors (Lipinski definition) is 5. The SMILES string of the molecule is CCCCN(CC)Cc1cnc(NC(=O)[C@H](CCC)NC(=O)Cc2cc(F)cc(F)c2)s1. The Morgan fingerprint density at radius 1 is 1.12 bits per heavy atom. The lowest BCUT2D eigenvalue weighted by Gasteiger charge is -2.18. The predicted molar refractivity (Wildman–Crippen MR) is 124 cm³/mol. The summed E-state index contributed by atoms with van der Waals surface area (Å²) in [7, 11) is 0. The van der Waals surface area contributed by atoms with Gasteiger partial charge in [0.05, 0.1) is 6.42 Å². The van der Waals surface area contributed by atoms with Gasteiger partial charge in [0.2, 0.25) is 11.8 Å². The number of nitrogens with zero attached hydrogens (tertiary/aromatic N) is 2. The number of halogens is 2. The van der Waals surface area contributed by atoms with Crippen LogP contribution in [0.3, 0.4) is 0 Å². The van der Waals surface area contributed by atoms with Gasteiger partial charge in [-0.1, -0.05) is 33.6 Å². The van der Waals surface area contributed by atoms with Crippen LogP contribution in [0.5, 0.6) is 0 Å². The van der Waals surface area contributed by atoms with Crippen LogP contribution in [-0.4, -0.2) is 40.8 Å². The Balaban J connectivity index is 1.95. The fraction of sp³-hybridized carbons (Fsp3) is 0.522. The van der Waals surface area contributed by atoms with Gasteiger partial charge in [-0.05, 0) is 43.6 Å². The zero-order valence-electron chi connectivity index (χ0n) is 18.9. The van der Waals surface area contributed by atoms with Gasteiger partial charge in [-0.3, -0.25) is 14.5 Å². The normalized spacial score (nSPS) is 12.1. The van der Waals surface area contributed by atoms with Crippen LogP contribution in [0.1, 0.15) is 56.9 Å². The highest BCUT2D eigenvalue weighted by atomic mass is 32.1. The van der Waals surface area contributed by atoms with E-state index in [9.17, 15) is 18.4 Å². The molecule has 0 unspecified atom stereocenters. The summed E-state index contributed by atoms with van der Waals surface area (Å²) in [6.07, 6.45) is 4.94. The maximum absolute atomic E-state index is 13.4. The van der Waals surface area contributed by atoms with E-state index < -0.39 is 23.6 Å². The van der Waals surface area contributed by atoms with Crippen LogP contribution in [0.2, 0.25) is 0 Å². The van der Waals surface area contributed by atoms with Gasteiger partial charge in [0, 0.05) is 23.7 Å². The molecule has 1 aromatic heterocycles. The molecule has 0 aliphatic carbocycles. The average Bonchev–Trinajstić information content (AvgIpc) is 3.16. The first-order valence-corrected chi connectivity index (χ1v) is 11.9. The van der Waals surface area contributed by atoms with Crippen LogP contribution in [0.4, 0.5) is 13.9 Å². The summed E-state index contributed by atoms with van der Waals surface area (Å²) in [4.78, 5) is 32.8. The molecule has 2 rings (SSSR count). The second-order valence-electron chi connectivity index (χ2n) is 7.71. The first-order chi connectivity index (χ1) is 15.3. The average molecular weight is 467 g/mol. The molecule has 0 bridgehead atoms. The predicted octanol–water partition coefficient (Wildman–Crippen LogP) is 4.51. The highest BCUT2D eigenvalue weighted by Crippen LogP contribution is 2.20. The fourth-order valence-electron chi connectivity index (χ4n) is 3.28. The van der Waals surface area contributed by atoms with Crippen molar-refractivity contribution in [3.8, 4) is 0 Å². The minimum absolute atomic E-state index is 0.212. The first kappa shape index (κ1) is 25.9. The summed E-state index contributed by atoms with van der Waals surface area (Å²) in [6.45, 7) is 8.94. The Morgan fingerprint density at radius 3 is 2.47 bits per heavy atom. The molecule has 0 saturated carbocycles. The van der Waals surface area contributed by atoms with Crippen molar-refractivity contribution in [2.24, 2.45) is 0 Å². The van der Waals surface area contributed by atoms with Crippen molar-refractivity contribution >= 4 is 28.3 Å². The molecule has 0 fully saturated rings. The maximum Gasteiger partial charge on any atom is 0.248 e. The summed E-state index contributed by atoms with van der Waals surface area (Å²) in [5.74, 6) is -2.32. The van der Waals surface area contributed by atoms with Gasteiger partial charge in [-0.15, -0.1) is 11.3 Å². The number of benzene rings is 1. The molecular weight excluding hydrogens is 434 g/mol. The smallest absolute Gasteiger partial charge is 0.248 e. The number of thiazole rings is 1. The van der Waals surface area contributed by atoms with Gasteiger partial charge in [0.15, 0.2) is 5.13 Å². The molecule has 0 aliphatic heterocycles. The van der Waals surface area contributed by atoms with Crippen LogP contribution >= 0.6 is 11.3 Å². The molecule has 2 amide bonds. The van der Waals surface area contributed by atoms with Crippen LogP contribution in [0.25, 0.3) is 0 Å². The van der Waals surface area contributed by atoms with E-state index in [0.717, 1.165) is 55.6 Å². The number of unbranched alkanes of at least 4 members (excludes halogenated alkanes) is 1. The number of hydrogen-bond donors (Lipinski definition) is 2. The molecule has 2 aromatic rings. The summed E-state index contributed by atoms with van der Waals surface area (Å²) in [6, 6.07) is 2.21. The Kier molecular flexibility index (Phi) is 10.7. The van der Waals surface area contributed by atoms with Crippen LogP contribution in [-0.2, 0) is 22.6 Å². The second-order valence-corrected chi connectivity index (χ2v) is 8.82. The molecule has 0 spiro atoms. The number of anilines is 1. The summed E-state index contributed by atoms with van der Waals surface area (Å²) < 4.78 is 26.7. The topological polar surface area (TPSA) is 74.3 Å². The molecule has 0 radical (unpaired) electrons. The van der Waals surface area contributed by atoms with Gasteiger partial charge < -0.3 is 10.6 Å². The number of rotatable bonds is 13. The van der Waals surface area contributed by atoms with Gasteiger partial charge in [-0.2, -0.15) is 0 Å². The molecule has 6 nitrogen and oxygen atoms in total. The van der Waals surface area contributed by atoms with E-state index in [2.05, 4.69) is 34.4 Å². The third-order valence-electron chi connectivity index (χ3n) is 4.95. The Bertz CT molecular complexity index is 870. The summed E-state index contributed by atoms with van der Waals surface area (Å²) in [5.41, 5.74) is 0.212. The molecule has 0 saturated heterocycles. The van der Waals surface area contributed by atoms with Crippen molar-refractivity contribution in [2.45, 2.75) is 65.5 Å².